The molecule has 17 heavy (non-hydrogen) atoms. The van der Waals surface area contributed by atoms with E-state index in [1.807, 2.05) is 0 Å². The molecular weight excluding hydrogens is 218 g/mol. The van der Waals surface area contributed by atoms with Crippen LogP contribution in [0.4, 0.5) is 5.82 Å². The minimum Gasteiger partial charge on any atom is -0.388 e. The lowest BCUT2D eigenvalue weighted by Gasteiger charge is -2.22. The third kappa shape index (κ3) is 1.95. The highest BCUT2D eigenvalue weighted by Crippen LogP contribution is 2.29. The lowest BCUT2D eigenvalue weighted by atomic mass is 10.0. The molecular formula is C11H15N5O. The van der Waals surface area contributed by atoms with Crippen molar-refractivity contribution in [3.63, 3.8) is 0 Å². The molecule has 2 heterocycles. The minimum atomic E-state index is -0.582. The van der Waals surface area contributed by atoms with Crippen molar-refractivity contribution in [3.8, 4) is 0 Å². The van der Waals surface area contributed by atoms with Gasteiger partial charge in [-0.15, -0.1) is 0 Å². The van der Waals surface area contributed by atoms with Crippen LogP contribution in [0.1, 0.15) is 25.7 Å². The van der Waals surface area contributed by atoms with Gasteiger partial charge in [0, 0.05) is 6.54 Å². The van der Waals surface area contributed by atoms with Crippen molar-refractivity contribution in [2.45, 2.75) is 31.3 Å². The number of nitrogens with one attached hydrogen (secondary N) is 2. The monoisotopic (exact) mass is 233 g/mol. The molecule has 0 unspecified atom stereocenters. The lowest BCUT2D eigenvalue weighted by Crippen LogP contribution is -2.33. The van der Waals surface area contributed by atoms with Crippen LogP contribution in [0.15, 0.2) is 12.5 Å². The summed E-state index contributed by atoms with van der Waals surface area (Å²) < 4.78 is 0. The fraction of sp³-hybridized carbons (Fsp3) is 0.545. The molecule has 0 aromatic carbocycles. The average molecular weight is 233 g/mol. The van der Waals surface area contributed by atoms with E-state index >= 15 is 0 Å². The van der Waals surface area contributed by atoms with Crippen LogP contribution in [0.2, 0.25) is 0 Å². The number of aromatic amines is 1. The van der Waals surface area contributed by atoms with Gasteiger partial charge in [0.25, 0.3) is 0 Å². The van der Waals surface area contributed by atoms with E-state index in [0.717, 1.165) is 36.9 Å². The maximum absolute atomic E-state index is 10.2. The van der Waals surface area contributed by atoms with Gasteiger partial charge in [0.2, 0.25) is 0 Å². The van der Waals surface area contributed by atoms with E-state index in [0.29, 0.717) is 12.2 Å². The third-order valence-electron chi connectivity index (χ3n) is 3.37. The summed E-state index contributed by atoms with van der Waals surface area (Å²) in [7, 11) is 0. The van der Waals surface area contributed by atoms with Crippen molar-refractivity contribution < 1.29 is 5.11 Å². The van der Waals surface area contributed by atoms with Gasteiger partial charge < -0.3 is 10.4 Å². The highest BCUT2D eigenvalue weighted by atomic mass is 16.3. The molecule has 90 valence electrons. The SMILES string of the molecule is OC1(CNc2ncnc3[nH]ncc23)CCCC1. The van der Waals surface area contributed by atoms with E-state index < -0.39 is 5.60 Å². The number of hydrogen-bond donors (Lipinski definition) is 3. The quantitative estimate of drug-likeness (QED) is 0.738. The first-order valence-electron chi connectivity index (χ1n) is 5.87. The van der Waals surface area contributed by atoms with Gasteiger partial charge in [-0.1, -0.05) is 12.8 Å². The van der Waals surface area contributed by atoms with E-state index in [1.165, 1.54) is 6.33 Å². The Bertz CT molecular complexity index is 517. The average Bonchev–Trinajstić information content (AvgIpc) is 2.95. The normalized spacial score (nSPS) is 18.6. The zero-order chi connectivity index (χ0) is 11.7. The number of fused-ring (bicyclic) bond motifs is 1. The van der Waals surface area contributed by atoms with Crippen LogP contribution in [0.25, 0.3) is 11.0 Å². The second-order valence-electron chi connectivity index (χ2n) is 4.64. The van der Waals surface area contributed by atoms with Crippen LogP contribution < -0.4 is 5.32 Å². The van der Waals surface area contributed by atoms with Gasteiger partial charge >= 0.3 is 0 Å². The van der Waals surface area contributed by atoms with Gasteiger partial charge in [-0.2, -0.15) is 5.10 Å². The van der Waals surface area contributed by atoms with Crippen LogP contribution in [-0.2, 0) is 0 Å². The zero-order valence-corrected chi connectivity index (χ0v) is 9.48. The van der Waals surface area contributed by atoms with Gasteiger partial charge in [0.1, 0.15) is 12.1 Å². The van der Waals surface area contributed by atoms with Crippen LogP contribution >= 0.6 is 0 Å². The molecule has 2 aromatic rings. The number of rotatable bonds is 3. The van der Waals surface area contributed by atoms with Crippen LogP contribution in [0, 0.1) is 0 Å². The van der Waals surface area contributed by atoms with Crippen molar-refractivity contribution >= 4 is 16.9 Å². The van der Waals surface area contributed by atoms with E-state index in [9.17, 15) is 5.11 Å². The molecule has 1 aliphatic carbocycles. The summed E-state index contributed by atoms with van der Waals surface area (Å²) >= 11 is 0. The first kappa shape index (κ1) is 10.5. The number of anilines is 1. The minimum absolute atomic E-state index is 0.532. The maximum Gasteiger partial charge on any atom is 0.160 e. The Kier molecular flexibility index (Phi) is 2.44. The zero-order valence-electron chi connectivity index (χ0n) is 9.48. The molecule has 1 fully saturated rings. The van der Waals surface area contributed by atoms with E-state index in [4.69, 9.17) is 0 Å². The van der Waals surface area contributed by atoms with Crippen molar-refractivity contribution in [1.29, 1.82) is 0 Å². The molecule has 0 bridgehead atoms. The molecule has 0 saturated heterocycles. The number of H-pyrrole nitrogens is 1. The molecule has 0 radical (unpaired) electrons. The molecule has 6 nitrogen and oxygen atoms in total. The molecule has 0 atom stereocenters. The lowest BCUT2D eigenvalue weighted by molar-refractivity contribution is 0.0614. The Labute approximate surface area is 98.5 Å². The summed E-state index contributed by atoms with van der Waals surface area (Å²) in [4.78, 5) is 8.25. The van der Waals surface area contributed by atoms with Crippen LogP contribution in [-0.4, -0.2) is 37.4 Å². The first-order chi connectivity index (χ1) is 8.27. The Morgan fingerprint density at radius 3 is 3.00 bits per heavy atom. The maximum atomic E-state index is 10.2. The summed E-state index contributed by atoms with van der Waals surface area (Å²) in [6.45, 7) is 0.532. The van der Waals surface area contributed by atoms with E-state index in [-0.39, 0.29) is 0 Å². The predicted octanol–water partition coefficient (Wildman–Crippen LogP) is 1.07. The predicted molar refractivity (Wildman–Crippen MR) is 63.6 cm³/mol. The molecule has 2 aromatic heterocycles. The van der Waals surface area contributed by atoms with E-state index in [1.54, 1.807) is 6.20 Å². The van der Waals surface area contributed by atoms with Gasteiger partial charge in [-0.3, -0.25) is 5.10 Å². The number of hydrogen-bond acceptors (Lipinski definition) is 5. The first-order valence-corrected chi connectivity index (χ1v) is 5.87. The Balaban J connectivity index is 1.78. The molecule has 0 aliphatic heterocycles. The van der Waals surface area contributed by atoms with Crippen molar-refractivity contribution in [2.75, 3.05) is 11.9 Å². The highest BCUT2D eigenvalue weighted by Gasteiger charge is 2.30. The summed E-state index contributed by atoms with van der Waals surface area (Å²) in [5.74, 6) is 0.726. The van der Waals surface area contributed by atoms with Crippen molar-refractivity contribution in [3.05, 3.63) is 12.5 Å². The van der Waals surface area contributed by atoms with Gasteiger partial charge in [0.15, 0.2) is 5.65 Å². The van der Waals surface area contributed by atoms with Gasteiger partial charge in [-0.25, -0.2) is 9.97 Å². The fourth-order valence-electron chi connectivity index (χ4n) is 2.36. The second-order valence-corrected chi connectivity index (χ2v) is 4.64. The molecule has 1 saturated carbocycles. The molecule has 0 amide bonds. The number of aromatic nitrogens is 4. The van der Waals surface area contributed by atoms with Crippen LogP contribution in [0.3, 0.4) is 0 Å². The summed E-state index contributed by atoms with van der Waals surface area (Å²) in [5.41, 5.74) is 0.127. The van der Waals surface area contributed by atoms with E-state index in [2.05, 4.69) is 25.5 Å². The molecule has 6 heteroatoms. The standard InChI is InChI=1S/C11H15N5O/c17-11(3-1-2-4-11)6-12-9-8-5-15-16-10(8)14-7-13-9/h5,7,17H,1-4,6H2,(H2,12,13,14,15,16). The Morgan fingerprint density at radius 1 is 1.35 bits per heavy atom. The molecule has 3 N–H and O–H groups in total. The fourth-order valence-corrected chi connectivity index (χ4v) is 2.36. The third-order valence-corrected chi connectivity index (χ3v) is 3.37. The number of aliphatic hydroxyl groups is 1. The van der Waals surface area contributed by atoms with Crippen molar-refractivity contribution in [2.24, 2.45) is 0 Å². The van der Waals surface area contributed by atoms with Gasteiger partial charge in [0.05, 0.1) is 17.2 Å². The number of nitrogens with zero attached hydrogens (tertiary/aromatic N) is 3. The molecule has 1 aliphatic rings. The molecule has 3 rings (SSSR count). The summed E-state index contributed by atoms with van der Waals surface area (Å²) in [6.07, 6.45) is 7.10. The summed E-state index contributed by atoms with van der Waals surface area (Å²) in [6, 6.07) is 0. The summed E-state index contributed by atoms with van der Waals surface area (Å²) in [5, 5.41) is 21.0. The Morgan fingerprint density at radius 2 is 2.18 bits per heavy atom. The van der Waals surface area contributed by atoms with Gasteiger partial charge in [-0.05, 0) is 12.8 Å². The Hall–Kier alpha value is -1.69. The van der Waals surface area contributed by atoms with Crippen molar-refractivity contribution in [1.82, 2.24) is 20.2 Å². The molecule has 0 spiro atoms. The largest absolute Gasteiger partial charge is 0.388 e. The van der Waals surface area contributed by atoms with Crippen LogP contribution in [0.5, 0.6) is 0 Å². The smallest absolute Gasteiger partial charge is 0.160 e. The topological polar surface area (TPSA) is 86.7 Å². The second kappa shape index (κ2) is 3.96. The highest BCUT2D eigenvalue weighted by molar-refractivity contribution is 5.85.